The van der Waals surface area contributed by atoms with Crippen molar-refractivity contribution in [3.8, 4) is 11.5 Å². The Hall–Kier alpha value is -4.68. The molecule has 1 amide bonds. The number of allylic oxidation sites excluding steroid dienone is 1. The minimum Gasteiger partial charge on any atom is -0.492 e. The van der Waals surface area contributed by atoms with Gasteiger partial charge in [0, 0.05) is 81.9 Å². The first-order chi connectivity index (χ1) is 31.8. The molecule has 7 atom stereocenters. The highest BCUT2D eigenvalue weighted by molar-refractivity contribution is 6.03. The maximum atomic E-state index is 14.9. The predicted molar refractivity (Wildman–Crippen MR) is 243 cm³/mol. The number of ether oxygens (including phenoxy) is 5. The fourth-order valence-corrected chi connectivity index (χ4v) is 9.96. The van der Waals surface area contributed by atoms with Gasteiger partial charge in [0.2, 0.25) is 18.0 Å². The van der Waals surface area contributed by atoms with Crippen LogP contribution in [-0.2, 0) is 23.8 Å². The van der Waals surface area contributed by atoms with Gasteiger partial charge in [-0.25, -0.2) is 0 Å². The van der Waals surface area contributed by atoms with E-state index < -0.39 is 29.0 Å². The normalized spacial score (nSPS) is 26.4. The van der Waals surface area contributed by atoms with Gasteiger partial charge in [-0.2, -0.15) is 0 Å². The number of aliphatic hydroxyl groups excluding tert-OH is 3. The lowest BCUT2D eigenvalue weighted by molar-refractivity contribution is -0.384. The van der Waals surface area contributed by atoms with Crippen molar-refractivity contribution in [2.45, 2.75) is 88.2 Å². The summed E-state index contributed by atoms with van der Waals surface area (Å²) in [6.07, 6.45) is 13.7. The lowest BCUT2D eigenvalue weighted by Crippen LogP contribution is -2.70. The van der Waals surface area contributed by atoms with Gasteiger partial charge in [0.05, 0.1) is 49.6 Å². The molecular weight excluding hydrogens is 837 g/mol. The zero-order valence-electron chi connectivity index (χ0n) is 37.4. The van der Waals surface area contributed by atoms with Crippen LogP contribution in [0.2, 0.25) is 0 Å². The highest BCUT2D eigenvalue weighted by atomic mass is 16.8. The Morgan fingerprint density at radius 2 is 1.82 bits per heavy atom. The van der Waals surface area contributed by atoms with E-state index in [1.54, 1.807) is 29.2 Å². The molecular formula is C49H66N4O12. The number of non-ortho nitro benzene ring substituents is 1. The number of unbranched alkanes of at least 4 members (excludes halogenated alkanes) is 2. The average molecular weight is 903 g/mol. The molecule has 7 rings (SSSR count). The van der Waals surface area contributed by atoms with Gasteiger partial charge in [-0.3, -0.25) is 19.8 Å². The third-order valence-electron chi connectivity index (χ3n) is 13.2. The van der Waals surface area contributed by atoms with Crippen LogP contribution < -0.4 is 9.47 Å². The lowest BCUT2D eigenvalue weighted by Gasteiger charge is -2.60. The van der Waals surface area contributed by atoms with Gasteiger partial charge in [0.25, 0.3) is 5.69 Å². The van der Waals surface area contributed by atoms with Crippen LogP contribution in [0.4, 0.5) is 5.69 Å². The molecule has 5 aliphatic rings. The van der Waals surface area contributed by atoms with E-state index in [9.17, 15) is 30.2 Å². The molecule has 0 radical (unpaired) electrons. The maximum Gasteiger partial charge on any atom is 0.269 e. The molecule has 16 heteroatoms. The van der Waals surface area contributed by atoms with Gasteiger partial charge in [0.1, 0.15) is 24.1 Å². The molecule has 1 saturated carbocycles. The van der Waals surface area contributed by atoms with Crippen LogP contribution >= 0.6 is 0 Å². The van der Waals surface area contributed by atoms with Crippen molar-refractivity contribution in [2.24, 2.45) is 22.9 Å². The highest BCUT2D eigenvalue weighted by Crippen LogP contribution is 2.62. The summed E-state index contributed by atoms with van der Waals surface area (Å²) in [6.45, 7) is 8.42. The number of oxime groups is 1. The molecule has 16 nitrogen and oxygen atoms in total. The van der Waals surface area contributed by atoms with E-state index >= 15 is 0 Å². The van der Waals surface area contributed by atoms with Crippen LogP contribution in [0.15, 0.2) is 78.0 Å². The zero-order chi connectivity index (χ0) is 45.6. The number of hydrogen-bond acceptors (Lipinski definition) is 14. The Kier molecular flexibility index (Phi) is 17.6. The smallest absolute Gasteiger partial charge is 0.269 e. The summed E-state index contributed by atoms with van der Waals surface area (Å²) in [5.74, 6) is -1.25. The maximum absolute atomic E-state index is 14.9. The molecule has 1 unspecified atom stereocenters. The molecule has 2 saturated heterocycles. The van der Waals surface area contributed by atoms with E-state index in [0.29, 0.717) is 49.5 Å². The highest BCUT2D eigenvalue weighted by Gasteiger charge is 2.65. The van der Waals surface area contributed by atoms with Gasteiger partial charge in [0.15, 0.2) is 0 Å². The SMILES string of the molecule is C=CCO[C@@]12Oc3ccc(OCCN4CC4)cc3[C@H]3[C@H](CCCCO)[C@@H](CCCCO)C=C(C(=NOC4CCCCO4)C[C@@H]1N(CCOCCO)C(=O)C=Cc1ccc([N+](=O)[O-])cc1)[C@H]32. The van der Waals surface area contributed by atoms with Crippen molar-refractivity contribution in [1.29, 1.82) is 0 Å². The largest absolute Gasteiger partial charge is 0.492 e. The second-order valence-electron chi connectivity index (χ2n) is 17.4. The van der Waals surface area contributed by atoms with Crippen LogP contribution in [0.1, 0.15) is 81.3 Å². The van der Waals surface area contributed by atoms with E-state index in [4.69, 9.17) is 33.7 Å². The van der Waals surface area contributed by atoms with Gasteiger partial charge in [-0.05, 0) is 97.9 Å². The summed E-state index contributed by atoms with van der Waals surface area (Å²) < 4.78 is 32.6. The third kappa shape index (κ3) is 12.0. The molecule has 2 aromatic rings. The Morgan fingerprint density at radius 1 is 1.02 bits per heavy atom. The lowest BCUT2D eigenvalue weighted by atomic mass is 9.55. The minimum atomic E-state index is -1.50. The van der Waals surface area contributed by atoms with Crippen LogP contribution in [-0.4, -0.2) is 139 Å². The van der Waals surface area contributed by atoms with E-state index in [-0.39, 0.29) is 82.0 Å². The molecule has 354 valence electrons. The zero-order valence-corrected chi connectivity index (χ0v) is 37.4. The van der Waals surface area contributed by atoms with E-state index in [1.165, 1.54) is 18.2 Å². The monoisotopic (exact) mass is 902 g/mol. The standard InChI is InChI=1S/C49H66N4O12/c1-2-27-63-49-44(52(23-29-60-31-26-56)45(57)19-14-35-12-15-37(16-13-35)53(58)59)34-42(50-65-46-11-5-8-28-62-46)40-32-36(9-3-6-24-54)39(10-4-7-25-55)47(48(40)49)41-33-38(17-18-43(41)64-49)61-30-22-51-20-21-51/h2,12-19,32-33,36,39,44,46-48,54-56H,1,3-11,20-31,34H2/t36-,39+,44-,46?,47+,48+,49+/m0/s1. The van der Waals surface area contributed by atoms with E-state index in [0.717, 1.165) is 75.0 Å². The molecule has 0 aromatic heterocycles. The first-order valence-corrected chi connectivity index (χ1v) is 23.4. The molecule has 2 aliphatic carbocycles. The van der Waals surface area contributed by atoms with E-state index in [1.807, 2.05) is 12.1 Å². The number of nitrogens with zero attached hydrogens (tertiary/aromatic N) is 4. The number of hydrogen-bond donors (Lipinski definition) is 3. The average Bonchev–Trinajstić information content (AvgIpc) is 4.16. The van der Waals surface area contributed by atoms with Crippen molar-refractivity contribution in [2.75, 3.05) is 79.0 Å². The van der Waals surface area contributed by atoms with Crippen LogP contribution in [0.3, 0.4) is 0 Å². The Morgan fingerprint density at radius 3 is 2.52 bits per heavy atom. The first-order valence-electron chi connectivity index (χ1n) is 23.4. The number of nitro benzene ring substituents is 1. The first kappa shape index (κ1) is 48.3. The second-order valence-corrected chi connectivity index (χ2v) is 17.4. The minimum absolute atomic E-state index is 0.0258. The van der Waals surface area contributed by atoms with Crippen LogP contribution in [0, 0.1) is 27.9 Å². The summed E-state index contributed by atoms with van der Waals surface area (Å²) in [5, 5.41) is 45.9. The number of nitro groups is 1. The fraction of sp³-hybridized carbons (Fsp3) is 0.592. The quantitative estimate of drug-likeness (QED) is 0.0249. The van der Waals surface area contributed by atoms with Crippen molar-refractivity contribution in [3.05, 3.63) is 94.1 Å². The number of carbonyl (C=O) groups is 1. The second kappa shape index (κ2) is 23.7. The Bertz CT molecular complexity index is 1980. The molecule has 0 spiro atoms. The summed E-state index contributed by atoms with van der Waals surface area (Å²) >= 11 is 0. The van der Waals surface area contributed by atoms with Crippen molar-refractivity contribution in [3.63, 3.8) is 0 Å². The van der Waals surface area contributed by atoms with Gasteiger partial charge < -0.3 is 48.7 Å². The molecule has 0 bridgehead atoms. The molecule has 3 heterocycles. The van der Waals surface area contributed by atoms with Crippen LogP contribution in [0.25, 0.3) is 6.08 Å². The molecule has 3 N–H and O–H groups in total. The molecule has 65 heavy (non-hydrogen) atoms. The summed E-state index contributed by atoms with van der Waals surface area (Å²) in [7, 11) is 0. The topological polar surface area (TPSA) is 195 Å². The summed E-state index contributed by atoms with van der Waals surface area (Å²) in [5.41, 5.74) is 3.04. The predicted octanol–water partition coefficient (Wildman–Crippen LogP) is 6.00. The van der Waals surface area contributed by atoms with E-state index in [2.05, 4.69) is 23.6 Å². The van der Waals surface area contributed by atoms with Crippen LogP contribution in [0.5, 0.6) is 11.5 Å². The third-order valence-corrected chi connectivity index (χ3v) is 13.2. The Labute approximate surface area is 381 Å². The van der Waals surface area contributed by atoms with Gasteiger partial charge in [-0.15, -0.1) is 6.58 Å². The number of fused-ring (bicyclic) bond motifs is 2. The number of amides is 1. The number of rotatable bonds is 26. The number of aliphatic hydroxyl groups is 3. The summed E-state index contributed by atoms with van der Waals surface area (Å²) in [6, 6.07) is 11.1. The Balaban J connectivity index is 1.39. The van der Waals surface area contributed by atoms with Crippen molar-refractivity contribution < 1.29 is 53.6 Å². The van der Waals surface area contributed by atoms with Gasteiger partial charge in [-0.1, -0.05) is 30.1 Å². The van der Waals surface area contributed by atoms with Crippen molar-refractivity contribution >= 4 is 23.4 Å². The fourth-order valence-electron chi connectivity index (χ4n) is 9.96. The number of carbonyl (C=O) groups excluding carboxylic acids is 1. The molecule has 3 aliphatic heterocycles. The molecule has 2 aromatic carbocycles. The molecule has 3 fully saturated rings. The van der Waals surface area contributed by atoms with Gasteiger partial charge >= 0.3 is 0 Å². The van der Waals surface area contributed by atoms with Crippen molar-refractivity contribution in [1.82, 2.24) is 9.80 Å². The number of benzene rings is 2. The summed E-state index contributed by atoms with van der Waals surface area (Å²) in [4.78, 5) is 36.1.